The third-order valence-corrected chi connectivity index (χ3v) is 3.95. The van der Waals surface area contributed by atoms with Gasteiger partial charge in [-0.2, -0.15) is 0 Å². The SMILES string of the molecule is CCOCCCNC(N)=NCC1(C(=O)N(C)C)CCCC1. The lowest BCUT2D eigenvalue weighted by Gasteiger charge is -2.29. The number of amides is 1. The molecule has 0 unspecified atom stereocenters. The minimum absolute atomic E-state index is 0.174. The number of nitrogens with two attached hydrogens (primary N) is 1. The Morgan fingerprint density at radius 1 is 1.38 bits per heavy atom. The first-order valence-corrected chi connectivity index (χ1v) is 7.85. The van der Waals surface area contributed by atoms with E-state index in [9.17, 15) is 4.79 Å². The third-order valence-electron chi connectivity index (χ3n) is 3.95. The predicted molar refractivity (Wildman–Crippen MR) is 85.2 cm³/mol. The Hall–Kier alpha value is -1.30. The van der Waals surface area contributed by atoms with Gasteiger partial charge in [-0.05, 0) is 26.2 Å². The van der Waals surface area contributed by atoms with Crippen molar-refractivity contribution in [1.29, 1.82) is 0 Å². The van der Waals surface area contributed by atoms with Gasteiger partial charge in [0.15, 0.2) is 5.96 Å². The molecular formula is C15H30N4O2. The number of carbonyl (C=O) groups is 1. The summed E-state index contributed by atoms with van der Waals surface area (Å²) in [7, 11) is 3.61. The molecule has 1 rings (SSSR count). The number of rotatable bonds is 8. The van der Waals surface area contributed by atoms with Crippen molar-refractivity contribution < 1.29 is 9.53 Å². The second-order valence-electron chi connectivity index (χ2n) is 5.87. The van der Waals surface area contributed by atoms with Crippen LogP contribution in [0, 0.1) is 5.41 Å². The number of guanidine groups is 1. The van der Waals surface area contributed by atoms with Crippen LogP contribution in [0.5, 0.6) is 0 Å². The van der Waals surface area contributed by atoms with Gasteiger partial charge in [-0.1, -0.05) is 12.8 Å². The van der Waals surface area contributed by atoms with Crippen molar-refractivity contribution in [3.8, 4) is 0 Å². The van der Waals surface area contributed by atoms with Gasteiger partial charge in [0.05, 0.1) is 12.0 Å². The number of nitrogens with zero attached hydrogens (tertiary/aromatic N) is 2. The van der Waals surface area contributed by atoms with Crippen molar-refractivity contribution in [2.24, 2.45) is 16.1 Å². The zero-order valence-corrected chi connectivity index (χ0v) is 13.7. The van der Waals surface area contributed by atoms with Crippen LogP contribution in [-0.2, 0) is 9.53 Å². The van der Waals surface area contributed by atoms with E-state index in [4.69, 9.17) is 10.5 Å². The highest BCUT2D eigenvalue weighted by Crippen LogP contribution is 2.39. The molecule has 0 aromatic heterocycles. The first-order valence-electron chi connectivity index (χ1n) is 7.85. The highest BCUT2D eigenvalue weighted by molar-refractivity contribution is 5.84. The van der Waals surface area contributed by atoms with Gasteiger partial charge in [0.1, 0.15) is 0 Å². The van der Waals surface area contributed by atoms with E-state index in [0.717, 1.165) is 51.9 Å². The molecule has 1 aliphatic rings. The fourth-order valence-corrected chi connectivity index (χ4v) is 2.79. The van der Waals surface area contributed by atoms with Crippen LogP contribution < -0.4 is 11.1 Å². The molecule has 0 spiro atoms. The molecule has 21 heavy (non-hydrogen) atoms. The Kier molecular flexibility index (Phi) is 7.50. The van der Waals surface area contributed by atoms with E-state index < -0.39 is 0 Å². The molecule has 0 aromatic rings. The summed E-state index contributed by atoms with van der Waals surface area (Å²) in [6.07, 6.45) is 4.90. The minimum atomic E-state index is -0.346. The number of aliphatic imine (C=N–C) groups is 1. The molecule has 0 heterocycles. The summed E-state index contributed by atoms with van der Waals surface area (Å²) in [5.74, 6) is 0.595. The average molecular weight is 298 g/mol. The molecule has 1 fully saturated rings. The molecule has 6 nitrogen and oxygen atoms in total. The van der Waals surface area contributed by atoms with Gasteiger partial charge in [-0.3, -0.25) is 9.79 Å². The lowest BCUT2D eigenvalue weighted by atomic mass is 9.85. The number of nitrogens with one attached hydrogen (secondary N) is 1. The van der Waals surface area contributed by atoms with Gasteiger partial charge in [0.25, 0.3) is 0 Å². The van der Waals surface area contributed by atoms with Crippen LogP contribution >= 0.6 is 0 Å². The number of ether oxygens (including phenoxy) is 1. The zero-order valence-electron chi connectivity index (χ0n) is 13.7. The van der Waals surface area contributed by atoms with E-state index in [1.54, 1.807) is 19.0 Å². The predicted octanol–water partition coefficient (Wildman–Crippen LogP) is 0.966. The van der Waals surface area contributed by atoms with Crippen molar-refractivity contribution in [2.45, 2.75) is 39.0 Å². The van der Waals surface area contributed by atoms with Crippen LogP contribution in [0.25, 0.3) is 0 Å². The monoisotopic (exact) mass is 298 g/mol. The Labute approximate surface area is 128 Å². The Morgan fingerprint density at radius 3 is 2.62 bits per heavy atom. The zero-order chi connectivity index (χ0) is 15.7. The molecule has 0 radical (unpaired) electrons. The van der Waals surface area contributed by atoms with Crippen LogP contribution in [0.2, 0.25) is 0 Å². The summed E-state index contributed by atoms with van der Waals surface area (Å²) >= 11 is 0. The summed E-state index contributed by atoms with van der Waals surface area (Å²) in [5, 5.41) is 3.07. The van der Waals surface area contributed by atoms with Gasteiger partial charge in [0, 0.05) is 33.9 Å². The van der Waals surface area contributed by atoms with Gasteiger partial charge >= 0.3 is 0 Å². The summed E-state index contributed by atoms with van der Waals surface area (Å²) < 4.78 is 5.26. The average Bonchev–Trinajstić information content (AvgIpc) is 2.94. The smallest absolute Gasteiger partial charge is 0.230 e. The molecule has 6 heteroatoms. The maximum absolute atomic E-state index is 12.4. The first-order chi connectivity index (χ1) is 10.0. The number of hydrogen-bond donors (Lipinski definition) is 2. The lowest BCUT2D eigenvalue weighted by Crippen LogP contribution is -2.42. The molecule has 1 aliphatic carbocycles. The molecule has 3 N–H and O–H groups in total. The second-order valence-corrected chi connectivity index (χ2v) is 5.87. The molecule has 1 saturated carbocycles. The van der Waals surface area contributed by atoms with Crippen LogP contribution in [-0.4, -0.2) is 57.2 Å². The van der Waals surface area contributed by atoms with E-state index in [1.165, 1.54) is 0 Å². The fourth-order valence-electron chi connectivity index (χ4n) is 2.79. The van der Waals surface area contributed by atoms with Gasteiger partial charge < -0.3 is 20.7 Å². The van der Waals surface area contributed by atoms with E-state index in [-0.39, 0.29) is 11.3 Å². The van der Waals surface area contributed by atoms with Crippen molar-refractivity contribution in [3.63, 3.8) is 0 Å². The number of hydrogen-bond acceptors (Lipinski definition) is 3. The molecule has 0 saturated heterocycles. The molecule has 0 aromatic carbocycles. The van der Waals surface area contributed by atoms with Gasteiger partial charge in [-0.25, -0.2) is 0 Å². The highest BCUT2D eigenvalue weighted by atomic mass is 16.5. The van der Waals surface area contributed by atoms with Gasteiger partial charge in [-0.15, -0.1) is 0 Å². The topological polar surface area (TPSA) is 80.0 Å². The van der Waals surface area contributed by atoms with Crippen LogP contribution in [0.1, 0.15) is 39.0 Å². The van der Waals surface area contributed by atoms with Crippen molar-refractivity contribution in [1.82, 2.24) is 10.2 Å². The largest absolute Gasteiger partial charge is 0.382 e. The summed E-state index contributed by atoms with van der Waals surface area (Å²) in [4.78, 5) is 18.5. The standard InChI is InChI=1S/C15H30N4O2/c1-4-21-11-7-10-17-14(16)18-12-15(8-5-6-9-15)13(20)19(2)3/h4-12H2,1-3H3,(H3,16,17,18). The Balaban J connectivity index is 2.45. The molecule has 0 atom stereocenters. The lowest BCUT2D eigenvalue weighted by molar-refractivity contribution is -0.138. The fraction of sp³-hybridized carbons (Fsp3) is 0.867. The van der Waals surface area contributed by atoms with Crippen LogP contribution in [0.3, 0.4) is 0 Å². The minimum Gasteiger partial charge on any atom is -0.382 e. The first kappa shape index (κ1) is 17.8. The van der Waals surface area contributed by atoms with Crippen LogP contribution in [0.15, 0.2) is 4.99 Å². The molecule has 122 valence electrons. The quantitative estimate of drug-likeness (QED) is 0.397. The molecular weight excluding hydrogens is 268 g/mol. The molecule has 0 aliphatic heterocycles. The summed E-state index contributed by atoms with van der Waals surface area (Å²) in [6, 6.07) is 0. The Morgan fingerprint density at radius 2 is 2.05 bits per heavy atom. The summed E-state index contributed by atoms with van der Waals surface area (Å²) in [6.45, 7) is 4.66. The maximum atomic E-state index is 12.4. The third kappa shape index (κ3) is 5.53. The maximum Gasteiger partial charge on any atom is 0.230 e. The second kappa shape index (κ2) is 8.87. The molecule has 0 bridgehead atoms. The van der Waals surface area contributed by atoms with E-state index in [2.05, 4.69) is 10.3 Å². The van der Waals surface area contributed by atoms with E-state index in [1.807, 2.05) is 6.92 Å². The normalized spacial score (nSPS) is 17.8. The van der Waals surface area contributed by atoms with Crippen molar-refractivity contribution in [3.05, 3.63) is 0 Å². The summed E-state index contributed by atoms with van der Waals surface area (Å²) in [5.41, 5.74) is 5.53. The Bertz CT molecular complexity index is 350. The van der Waals surface area contributed by atoms with Crippen molar-refractivity contribution >= 4 is 11.9 Å². The van der Waals surface area contributed by atoms with Crippen LogP contribution in [0.4, 0.5) is 0 Å². The number of carbonyl (C=O) groups excluding carboxylic acids is 1. The highest BCUT2D eigenvalue weighted by Gasteiger charge is 2.41. The van der Waals surface area contributed by atoms with E-state index >= 15 is 0 Å². The van der Waals surface area contributed by atoms with E-state index in [0.29, 0.717) is 12.5 Å². The van der Waals surface area contributed by atoms with Gasteiger partial charge in [0.2, 0.25) is 5.91 Å². The molecule has 1 amide bonds. The van der Waals surface area contributed by atoms with Crippen molar-refractivity contribution in [2.75, 3.05) is 40.4 Å².